The van der Waals surface area contributed by atoms with Gasteiger partial charge in [-0.25, -0.2) is 0 Å². The van der Waals surface area contributed by atoms with E-state index in [1.165, 1.54) is 7.11 Å². The highest BCUT2D eigenvalue weighted by molar-refractivity contribution is 6.04. The maximum absolute atomic E-state index is 11.9. The van der Waals surface area contributed by atoms with E-state index < -0.39 is 0 Å². The lowest BCUT2D eigenvalue weighted by Crippen LogP contribution is -2.11. The van der Waals surface area contributed by atoms with Crippen LogP contribution in [-0.4, -0.2) is 18.2 Å². The zero-order valence-electron chi connectivity index (χ0n) is 10.1. The molecule has 3 N–H and O–H groups in total. The van der Waals surface area contributed by atoms with Gasteiger partial charge < -0.3 is 15.0 Å². The van der Waals surface area contributed by atoms with Gasteiger partial charge in [-0.1, -0.05) is 5.16 Å². The predicted molar refractivity (Wildman–Crippen MR) is 66.6 cm³/mol. The molecule has 1 aromatic heterocycles. The molecule has 0 saturated carbocycles. The molecular formula is C12H13N3O3. The minimum Gasteiger partial charge on any atom is -0.497 e. The molecule has 0 fully saturated rings. The molecule has 2 aromatic rings. The van der Waals surface area contributed by atoms with Gasteiger partial charge in [0.25, 0.3) is 5.91 Å². The Morgan fingerprint density at radius 1 is 1.39 bits per heavy atom. The Labute approximate surface area is 104 Å². The Bertz CT molecular complexity index is 578. The van der Waals surface area contributed by atoms with E-state index in [-0.39, 0.29) is 5.91 Å². The second kappa shape index (κ2) is 4.79. The van der Waals surface area contributed by atoms with E-state index in [0.717, 1.165) is 0 Å². The summed E-state index contributed by atoms with van der Waals surface area (Å²) in [5.41, 5.74) is 7.21. The smallest absolute Gasteiger partial charge is 0.258 e. The number of hydrogen-bond donors (Lipinski definition) is 2. The maximum atomic E-state index is 11.9. The number of anilines is 2. The van der Waals surface area contributed by atoms with Gasteiger partial charge in [0, 0.05) is 23.4 Å². The molecule has 0 aliphatic heterocycles. The van der Waals surface area contributed by atoms with Crippen molar-refractivity contribution < 1.29 is 14.1 Å². The van der Waals surface area contributed by atoms with Gasteiger partial charge in [0.05, 0.1) is 12.8 Å². The molecule has 0 saturated heterocycles. The van der Waals surface area contributed by atoms with Crippen molar-refractivity contribution in [3.05, 3.63) is 35.5 Å². The quantitative estimate of drug-likeness (QED) is 0.807. The average molecular weight is 247 g/mol. The molecule has 0 bridgehead atoms. The zero-order chi connectivity index (χ0) is 13.1. The molecule has 94 valence electrons. The van der Waals surface area contributed by atoms with Crippen LogP contribution < -0.4 is 15.8 Å². The van der Waals surface area contributed by atoms with Crippen LogP contribution in [0.2, 0.25) is 0 Å². The van der Waals surface area contributed by atoms with E-state index in [1.807, 2.05) is 0 Å². The second-order valence-corrected chi connectivity index (χ2v) is 3.78. The summed E-state index contributed by atoms with van der Waals surface area (Å²) in [7, 11) is 1.51. The lowest BCUT2D eigenvalue weighted by Gasteiger charge is -2.06. The fourth-order valence-corrected chi connectivity index (χ4v) is 1.48. The van der Waals surface area contributed by atoms with Crippen molar-refractivity contribution in [1.82, 2.24) is 5.16 Å². The van der Waals surface area contributed by atoms with Crippen molar-refractivity contribution in [1.29, 1.82) is 0 Å². The van der Waals surface area contributed by atoms with E-state index >= 15 is 0 Å². The first-order valence-electron chi connectivity index (χ1n) is 5.27. The number of methoxy groups -OCH3 is 1. The highest BCUT2D eigenvalue weighted by Crippen LogP contribution is 2.19. The number of aryl methyl sites for hydroxylation is 1. The van der Waals surface area contributed by atoms with Crippen LogP contribution in [-0.2, 0) is 0 Å². The largest absolute Gasteiger partial charge is 0.497 e. The van der Waals surface area contributed by atoms with Crippen molar-refractivity contribution in [2.75, 3.05) is 18.2 Å². The minimum atomic E-state index is -0.336. The van der Waals surface area contributed by atoms with Gasteiger partial charge in [-0.2, -0.15) is 0 Å². The van der Waals surface area contributed by atoms with Gasteiger partial charge in [0.2, 0.25) is 5.88 Å². The fraction of sp³-hybridized carbons (Fsp3) is 0.167. The number of nitrogen functional groups attached to an aromatic ring is 1. The first kappa shape index (κ1) is 12.0. The van der Waals surface area contributed by atoms with Crippen LogP contribution in [0.25, 0.3) is 0 Å². The number of nitrogens with two attached hydrogens (primary N) is 1. The zero-order valence-corrected chi connectivity index (χ0v) is 10.1. The number of hydrogen-bond acceptors (Lipinski definition) is 5. The summed E-state index contributed by atoms with van der Waals surface area (Å²) in [6.07, 6.45) is 0. The summed E-state index contributed by atoms with van der Waals surface area (Å²) >= 11 is 0. The third-order valence-corrected chi connectivity index (χ3v) is 2.29. The van der Waals surface area contributed by atoms with Crippen molar-refractivity contribution in [2.24, 2.45) is 0 Å². The van der Waals surface area contributed by atoms with Crippen LogP contribution in [0.15, 0.2) is 28.8 Å². The first-order valence-corrected chi connectivity index (χ1v) is 5.27. The molecule has 6 nitrogen and oxygen atoms in total. The van der Waals surface area contributed by atoms with Gasteiger partial charge in [-0.15, -0.1) is 0 Å². The van der Waals surface area contributed by atoms with Crippen LogP contribution in [0, 0.1) is 6.92 Å². The lowest BCUT2D eigenvalue weighted by molar-refractivity contribution is 0.102. The number of carbonyl (C=O) groups excluding carboxylic acids is 1. The molecule has 0 aliphatic rings. The molecule has 18 heavy (non-hydrogen) atoms. The Kier molecular flexibility index (Phi) is 3.18. The highest BCUT2D eigenvalue weighted by Gasteiger charge is 2.11. The standard InChI is InChI=1S/C12H13N3O3/c1-7-3-11(18-15-7)14-12(16)8-4-9(13)6-10(5-8)17-2/h3-6H,13H2,1-2H3,(H,14,16). The number of benzene rings is 1. The number of aromatic nitrogens is 1. The third-order valence-electron chi connectivity index (χ3n) is 2.29. The summed E-state index contributed by atoms with van der Waals surface area (Å²) in [6, 6.07) is 6.41. The van der Waals surface area contributed by atoms with Crippen molar-refractivity contribution in [2.45, 2.75) is 6.92 Å². The molecule has 0 radical (unpaired) electrons. The number of nitrogens with one attached hydrogen (secondary N) is 1. The minimum absolute atomic E-state index is 0.291. The van der Waals surface area contributed by atoms with E-state index in [1.54, 1.807) is 31.2 Å². The van der Waals surface area contributed by atoms with E-state index in [0.29, 0.717) is 28.6 Å². The normalized spacial score (nSPS) is 10.1. The van der Waals surface area contributed by atoms with Gasteiger partial charge in [0.15, 0.2) is 0 Å². The Hall–Kier alpha value is -2.50. The molecular weight excluding hydrogens is 234 g/mol. The summed E-state index contributed by atoms with van der Waals surface area (Å²) in [6.45, 7) is 1.77. The Balaban J connectivity index is 2.20. The molecule has 0 atom stereocenters. The Morgan fingerprint density at radius 2 is 2.17 bits per heavy atom. The van der Waals surface area contributed by atoms with Crippen LogP contribution in [0.5, 0.6) is 5.75 Å². The van der Waals surface area contributed by atoms with Crippen LogP contribution in [0.4, 0.5) is 11.6 Å². The van der Waals surface area contributed by atoms with Crippen LogP contribution >= 0.6 is 0 Å². The molecule has 0 spiro atoms. The Morgan fingerprint density at radius 3 is 2.78 bits per heavy atom. The molecule has 1 aromatic carbocycles. The average Bonchev–Trinajstić information content (AvgIpc) is 2.73. The topological polar surface area (TPSA) is 90.4 Å². The number of amides is 1. The number of carbonyl (C=O) groups is 1. The SMILES string of the molecule is COc1cc(N)cc(C(=O)Nc2cc(C)no2)c1. The molecule has 6 heteroatoms. The number of nitrogens with zero attached hydrogens (tertiary/aromatic N) is 1. The van der Waals surface area contributed by atoms with Crippen molar-refractivity contribution >= 4 is 17.5 Å². The van der Waals surface area contributed by atoms with E-state index in [2.05, 4.69) is 10.5 Å². The van der Waals surface area contributed by atoms with Crippen LogP contribution in [0.3, 0.4) is 0 Å². The summed E-state index contributed by atoms with van der Waals surface area (Å²) in [5.74, 6) is 0.476. The highest BCUT2D eigenvalue weighted by atomic mass is 16.5. The second-order valence-electron chi connectivity index (χ2n) is 3.78. The van der Waals surface area contributed by atoms with Gasteiger partial charge in [-0.3, -0.25) is 10.1 Å². The summed E-state index contributed by atoms with van der Waals surface area (Å²) in [5, 5.41) is 6.25. The van der Waals surface area contributed by atoms with Gasteiger partial charge in [-0.05, 0) is 19.1 Å². The molecule has 2 rings (SSSR count). The van der Waals surface area contributed by atoms with Gasteiger partial charge in [0.1, 0.15) is 5.75 Å². The van der Waals surface area contributed by atoms with Crippen molar-refractivity contribution in [3.8, 4) is 5.75 Å². The first-order chi connectivity index (χ1) is 8.58. The predicted octanol–water partition coefficient (Wildman–Crippen LogP) is 1.83. The molecule has 1 amide bonds. The summed E-state index contributed by atoms with van der Waals surface area (Å²) in [4.78, 5) is 11.9. The van der Waals surface area contributed by atoms with Crippen molar-refractivity contribution in [3.63, 3.8) is 0 Å². The molecule has 0 aliphatic carbocycles. The van der Waals surface area contributed by atoms with E-state index in [9.17, 15) is 4.79 Å². The summed E-state index contributed by atoms with van der Waals surface area (Å²) < 4.78 is 9.94. The number of rotatable bonds is 3. The lowest BCUT2D eigenvalue weighted by atomic mass is 10.2. The molecule has 1 heterocycles. The fourth-order valence-electron chi connectivity index (χ4n) is 1.48. The van der Waals surface area contributed by atoms with E-state index in [4.69, 9.17) is 15.0 Å². The van der Waals surface area contributed by atoms with Gasteiger partial charge >= 0.3 is 0 Å². The monoisotopic (exact) mass is 247 g/mol. The maximum Gasteiger partial charge on any atom is 0.258 e. The third kappa shape index (κ3) is 2.60. The number of ether oxygens (including phenoxy) is 1. The van der Waals surface area contributed by atoms with Crippen LogP contribution in [0.1, 0.15) is 16.1 Å². The molecule has 0 unspecified atom stereocenters.